The number of alkyl halides is 2. The normalized spacial score (nSPS) is 15.3. The van der Waals surface area contributed by atoms with Crippen molar-refractivity contribution in [3.8, 4) is 11.5 Å². The number of dihydropyridines is 1. The third-order valence-electron chi connectivity index (χ3n) is 5.92. The molecule has 1 aromatic rings. The average Bonchev–Trinajstić information content (AvgIpc) is 3.53. The quantitative estimate of drug-likeness (QED) is 0.134. The standard InChI is InChI=1S/C17H21ClF2N2O2.C10H13NO2.C3H5NO.2C2H6/c1-5-11(18)9-13(10(2)3)14(17(4,19)20)22-15-12(16(23)24)7-6-8-21-15;1-2-8-7(5-11)3-4-9-10(8)13-6-12-9;1-2-3(4)5;2*1-2/h5-9,14-15,21-22H,2H2,1,3-4H3,(H,23,24);3-4H,2,5-6,11H2,1H3;2H,1H2,(H2,4,5);2*1-2H3/b11-5+,13-9+;;;;. The zero-order valence-electron chi connectivity index (χ0n) is 28.2. The maximum atomic E-state index is 14.2. The number of nitrogens with one attached hydrogen (secondary N) is 2. The van der Waals surface area contributed by atoms with Gasteiger partial charge in [-0.25, -0.2) is 13.6 Å². The molecule has 1 amide bonds. The SMILES string of the molecule is C=C(C)/C(=C\C(Cl)=C/C)C(NC1NC=CC=C1C(=O)O)C(C)(F)F.C=CC(N)=O.CC.CC.CCc1c(CN)ccc2c1OCO2. The second-order valence-electron chi connectivity index (χ2n) is 9.10. The highest BCUT2D eigenvalue weighted by Crippen LogP contribution is 2.37. The highest BCUT2D eigenvalue weighted by molar-refractivity contribution is 6.31. The van der Waals surface area contributed by atoms with Gasteiger partial charge in [0, 0.05) is 24.1 Å². The van der Waals surface area contributed by atoms with Crippen LogP contribution in [0.15, 0.2) is 83.6 Å². The molecule has 0 bridgehead atoms. The third kappa shape index (κ3) is 14.9. The summed E-state index contributed by atoms with van der Waals surface area (Å²) in [6.45, 7) is 21.8. The van der Waals surface area contributed by atoms with Gasteiger partial charge in [0.25, 0.3) is 5.92 Å². The Morgan fingerprint density at radius 2 is 1.85 bits per heavy atom. The number of ether oxygens (including phenoxy) is 2. The molecule has 46 heavy (non-hydrogen) atoms. The van der Waals surface area contributed by atoms with E-state index in [2.05, 4.69) is 36.4 Å². The first-order chi connectivity index (χ1) is 21.7. The Kier molecular flexibility index (Phi) is 22.5. The molecule has 12 heteroatoms. The van der Waals surface area contributed by atoms with Crippen molar-refractivity contribution < 1.29 is 33.0 Å². The highest BCUT2D eigenvalue weighted by atomic mass is 35.5. The number of primary amides is 1. The van der Waals surface area contributed by atoms with Gasteiger partial charge in [0.2, 0.25) is 12.7 Å². The highest BCUT2D eigenvalue weighted by Gasteiger charge is 2.39. The van der Waals surface area contributed by atoms with Crippen LogP contribution in [0.25, 0.3) is 0 Å². The minimum atomic E-state index is -3.18. The Labute approximate surface area is 277 Å². The lowest BCUT2D eigenvalue weighted by Gasteiger charge is -2.33. The minimum Gasteiger partial charge on any atom is -0.478 e. The van der Waals surface area contributed by atoms with Crippen LogP contribution in [0.3, 0.4) is 0 Å². The molecule has 0 saturated carbocycles. The van der Waals surface area contributed by atoms with Crippen LogP contribution in [0.5, 0.6) is 11.5 Å². The van der Waals surface area contributed by atoms with Gasteiger partial charge in [-0.15, -0.1) is 0 Å². The molecule has 2 aliphatic rings. The topological polar surface area (TPSA) is 149 Å². The van der Waals surface area contributed by atoms with E-state index in [9.17, 15) is 23.5 Å². The van der Waals surface area contributed by atoms with Crippen LogP contribution >= 0.6 is 11.6 Å². The average molecular weight is 669 g/mol. The van der Waals surface area contributed by atoms with Crippen LogP contribution in [0.4, 0.5) is 8.78 Å². The fourth-order valence-corrected chi connectivity index (χ4v) is 3.95. The Balaban J connectivity index is 0. The molecule has 2 atom stereocenters. The van der Waals surface area contributed by atoms with E-state index >= 15 is 0 Å². The first-order valence-corrected chi connectivity index (χ1v) is 15.3. The fraction of sp³-hybridized carbons (Fsp3) is 0.412. The number of rotatable bonds is 10. The van der Waals surface area contributed by atoms with Gasteiger partial charge in [-0.2, -0.15) is 0 Å². The monoisotopic (exact) mass is 668 g/mol. The van der Waals surface area contributed by atoms with E-state index < -0.39 is 30.0 Å². The van der Waals surface area contributed by atoms with Crippen molar-refractivity contribution in [2.45, 2.75) is 86.5 Å². The second kappa shape index (κ2) is 23.4. The Morgan fingerprint density at radius 1 is 1.26 bits per heavy atom. The molecule has 7 N–H and O–H groups in total. The summed E-state index contributed by atoms with van der Waals surface area (Å²) in [6.07, 6.45) is 8.31. The summed E-state index contributed by atoms with van der Waals surface area (Å²) in [5.74, 6) is -3.14. The third-order valence-corrected chi connectivity index (χ3v) is 6.25. The number of carbonyl (C=O) groups excluding carboxylic acids is 1. The summed E-state index contributed by atoms with van der Waals surface area (Å²) in [5, 5.41) is 14.9. The van der Waals surface area contributed by atoms with E-state index in [-0.39, 0.29) is 16.2 Å². The van der Waals surface area contributed by atoms with Gasteiger partial charge >= 0.3 is 5.97 Å². The van der Waals surface area contributed by atoms with Crippen LogP contribution in [0.1, 0.15) is 66.5 Å². The van der Waals surface area contributed by atoms with Crippen LogP contribution in [0, 0.1) is 0 Å². The lowest BCUT2D eigenvalue weighted by Crippen LogP contribution is -2.55. The molecule has 0 aliphatic carbocycles. The first-order valence-electron chi connectivity index (χ1n) is 14.9. The Morgan fingerprint density at radius 3 is 2.28 bits per heavy atom. The number of carboxylic acids is 1. The van der Waals surface area contributed by atoms with Gasteiger partial charge in [-0.3, -0.25) is 10.1 Å². The van der Waals surface area contributed by atoms with Gasteiger partial charge in [0.05, 0.1) is 11.6 Å². The van der Waals surface area contributed by atoms with E-state index in [4.69, 9.17) is 26.8 Å². The van der Waals surface area contributed by atoms with E-state index in [1.165, 1.54) is 30.0 Å². The number of amides is 1. The van der Waals surface area contributed by atoms with E-state index in [0.29, 0.717) is 18.9 Å². The summed E-state index contributed by atoms with van der Waals surface area (Å²) < 4.78 is 39.1. The van der Waals surface area contributed by atoms with Crippen molar-refractivity contribution in [1.29, 1.82) is 0 Å². The van der Waals surface area contributed by atoms with Crippen molar-refractivity contribution in [3.05, 3.63) is 94.7 Å². The van der Waals surface area contributed by atoms with Gasteiger partial charge in [0.15, 0.2) is 11.5 Å². The predicted molar refractivity (Wildman–Crippen MR) is 184 cm³/mol. The van der Waals surface area contributed by atoms with Gasteiger partial charge < -0.3 is 31.4 Å². The summed E-state index contributed by atoms with van der Waals surface area (Å²) in [4.78, 5) is 20.8. The molecule has 2 heterocycles. The molecule has 0 saturated heterocycles. The molecule has 0 aromatic heterocycles. The molecule has 3 rings (SSSR count). The Hall–Kier alpha value is -3.93. The van der Waals surface area contributed by atoms with Crippen LogP contribution < -0.4 is 31.6 Å². The smallest absolute Gasteiger partial charge is 0.335 e. The van der Waals surface area contributed by atoms with E-state index in [0.717, 1.165) is 36.5 Å². The maximum absolute atomic E-state index is 14.2. The molecule has 9 nitrogen and oxygen atoms in total. The molecule has 258 valence electrons. The Bertz CT molecular complexity index is 1270. The summed E-state index contributed by atoms with van der Waals surface area (Å²) >= 11 is 5.96. The molecular weight excluding hydrogens is 618 g/mol. The van der Waals surface area contributed by atoms with Crippen molar-refractivity contribution in [3.63, 3.8) is 0 Å². The van der Waals surface area contributed by atoms with Crippen molar-refractivity contribution in [2.24, 2.45) is 11.5 Å². The number of nitrogens with two attached hydrogens (primary N) is 2. The molecule has 0 radical (unpaired) electrons. The van der Waals surface area contributed by atoms with Gasteiger partial charge in [-0.1, -0.05) is 77.1 Å². The van der Waals surface area contributed by atoms with Gasteiger partial charge in [-0.05, 0) is 68.0 Å². The predicted octanol–water partition coefficient (Wildman–Crippen LogP) is 6.85. The maximum Gasteiger partial charge on any atom is 0.335 e. The zero-order valence-corrected chi connectivity index (χ0v) is 28.9. The zero-order chi connectivity index (χ0) is 36.0. The van der Waals surface area contributed by atoms with E-state index in [1.54, 1.807) is 19.9 Å². The first kappa shape index (κ1) is 44.2. The molecule has 2 unspecified atom stereocenters. The number of carbonyl (C=O) groups is 2. The number of hydrogen-bond acceptors (Lipinski definition) is 7. The number of allylic oxidation sites excluding steroid dienone is 5. The van der Waals surface area contributed by atoms with Crippen molar-refractivity contribution in [2.75, 3.05) is 6.79 Å². The molecule has 1 aromatic carbocycles. The van der Waals surface area contributed by atoms with Crippen LogP contribution in [0.2, 0.25) is 0 Å². The largest absolute Gasteiger partial charge is 0.478 e. The minimum absolute atomic E-state index is 0.0649. The second-order valence-corrected chi connectivity index (χ2v) is 9.53. The summed E-state index contributed by atoms with van der Waals surface area (Å²) in [7, 11) is 0. The number of benzene rings is 1. The molecule has 2 aliphatic heterocycles. The fourth-order valence-electron chi connectivity index (χ4n) is 3.83. The summed E-state index contributed by atoms with van der Waals surface area (Å²) in [6, 6.07) is 2.45. The van der Waals surface area contributed by atoms with Gasteiger partial charge in [0.1, 0.15) is 6.17 Å². The number of fused-ring (bicyclic) bond motifs is 1. The number of aliphatic carboxylic acids is 1. The molecule has 0 fully saturated rings. The number of hydrogen-bond donors (Lipinski definition) is 5. The van der Waals surface area contributed by atoms with Crippen molar-refractivity contribution in [1.82, 2.24) is 10.6 Å². The number of halogens is 3. The summed E-state index contributed by atoms with van der Waals surface area (Å²) in [5.41, 5.74) is 13.0. The van der Waals surface area contributed by atoms with E-state index in [1.807, 2.05) is 39.8 Å². The lowest BCUT2D eigenvalue weighted by atomic mass is 9.94. The van der Waals surface area contributed by atoms with Crippen molar-refractivity contribution >= 4 is 23.5 Å². The number of carboxylic acid groups (broad SMARTS) is 1. The lowest BCUT2D eigenvalue weighted by molar-refractivity contribution is -0.133. The van der Waals surface area contributed by atoms with Crippen LogP contribution in [-0.4, -0.2) is 41.9 Å². The molecular formula is C34H51ClF2N4O5. The van der Waals surface area contributed by atoms with Crippen LogP contribution in [-0.2, 0) is 22.6 Å². The molecule has 0 spiro atoms.